The van der Waals surface area contributed by atoms with Gasteiger partial charge in [-0.1, -0.05) is 93.8 Å². The van der Waals surface area contributed by atoms with Crippen LogP contribution in [0.25, 0.3) is 61.3 Å². The van der Waals surface area contributed by atoms with E-state index in [4.69, 9.17) is 12.1 Å². The van der Waals surface area contributed by atoms with Crippen LogP contribution in [0.2, 0.25) is 19.6 Å². The molecule has 0 amide bonds. The molecule has 0 N–H and O–H groups in total. The van der Waals surface area contributed by atoms with Gasteiger partial charge in [-0.25, -0.2) is 0 Å². The first-order chi connectivity index (χ1) is 24.7. The van der Waals surface area contributed by atoms with Gasteiger partial charge in [0.2, 0.25) is 0 Å². The maximum Gasteiger partial charge on any atom is 0.120 e. The van der Waals surface area contributed by atoms with Gasteiger partial charge in [-0.15, -0.1) is 59.7 Å². The Morgan fingerprint density at radius 1 is 0.824 bits per heavy atom. The largest absolute Gasteiger partial charge is 0.500 e. The number of rotatable bonds is 5. The van der Waals surface area contributed by atoms with Crippen LogP contribution in [0, 0.1) is 24.5 Å². The zero-order chi connectivity index (χ0) is 36.8. The molecule has 0 spiro atoms. The summed E-state index contributed by atoms with van der Waals surface area (Å²) in [5.74, 6) is 0.842. The molecule has 8 aromatic rings. The van der Waals surface area contributed by atoms with Crippen LogP contribution < -0.4 is 5.19 Å². The van der Waals surface area contributed by atoms with Crippen molar-refractivity contribution >= 4 is 46.2 Å². The fourth-order valence-electron chi connectivity index (χ4n) is 6.25. The number of fused-ring (bicyclic) bond motifs is 4. The molecule has 0 atom stereocenters. The molecule has 5 nitrogen and oxygen atoms in total. The summed E-state index contributed by atoms with van der Waals surface area (Å²) >= 11 is 0. The average molecular weight is 865 g/mol. The molecule has 4 aromatic heterocycles. The predicted octanol–water partition coefficient (Wildman–Crippen LogP) is 10.8. The summed E-state index contributed by atoms with van der Waals surface area (Å²) < 4.78 is 25.6. The van der Waals surface area contributed by atoms with Crippen molar-refractivity contribution in [1.82, 2.24) is 19.5 Å². The quantitative estimate of drug-likeness (QED) is 0.128. The van der Waals surface area contributed by atoms with E-state index in [0.29, 0.717) is 0 Å². The van der Waals surface area contributed by atoms with E-state index in [2.05, 4.69) is 70.6 Å². The van der Waals surface area contributed by atoms with Gasteiger partial charge in [0.25, 0.3) is 0 Å². The zero-order valence-corrected chi connectivity index (χ0v) is 33.4. The van der Waals surface area contributed by atoms with Crippen LogP contribution in [0.3, 0.4) is 0 Å². The van der Waals surface area contributed by atoms with Gasteiger partial charge in [0.05, 0.1) is 36.2 Å². The summed E-state index contributed by atoms with van der Waals surface area (Å²) in [6.07, 6.45) is 2.27. The molecule has 0 fully saturated rings. The minimum absolute atomic E-state index is 0. The van der Waals surface area contributed by atoms with Gasteiger partial charge in [-0.2, -0.15) is 0 Å². The van der Waals surface area contributed by atoms with Gasteiger partial charge in [0.1, 0.15) is 5.58 Å². The molecule has 7 heteroatoms. The van der Waals surface area contributed by atoms with Crippen molar-refractivity contribution in [3.05, 3.63) is 139 Å². The van der Waals surface area contributed by atoms with Crippen molar-refractivity contribution in [2.75, 3.05) is 0 Å². The van der Waals surface area contributed by atoms with Gasteiger partial charge in [-0.05, 0) is 53.9 Å². The number of hydrogen-bond donors (Lipinski definition) is 0. The number of benzene rings is 4. The third-order valence-corrected chi connectivity index (χ3v) is 10.5. The Morgan fingerprint density at radius 3 is 2.29 bits per heavy atom. The minimum Gasteiger partial charge on any atom is -0.500 e. The van der Waals surface area contributed by atoms with Crippen molar-refractivity contribution < 1.29 is 27.3 Å². The van der Waals surface area contributed by atoms with E-state index < -0.39 is 19.9 Å². The van der Waals surface area contributed by atoms with Gasteiger partial charge in [0, 0.05) is 46.3 Å². The first-order valence-corrected chi connectivity index (χ1v) is 20.4. The molecule has 0 unspecified atom stereocenters. The smallest absolute Gasteiger partial charge is 0.120 e. The van der Waals surface area contributed by atoms with Crippen molar-refractivity contribution in [3.63, 3.8) is 0 Å². The third-order valence-electron chi connectivity index (χ3n) is 8.52. The maximum atomic E-state index is 8.75. The Bertz CT molecular complexity index is 2540. The van der Waals surface area contributed by atoms with Crippen LogP contribution in [0.4, 0.5) is 0 Å². The second kappa shape index (κ2) is 14.5. The first-order valence-electron chi connectivity index (χ1n) is 17.9. The molecule has 0 bridgehead atoms. The molecule has 51 heavy (non-hydrogen) atoms. The minimum atomic E-state index is -1.70. The van der Waals surface area contributed by atoms with Gasteiger partial charge >= 0.3 is 0 Å². The summed E-state index contributed by atoms with van der Waals surface area (Å²) in [7, 11) is -1.70. The van der Waals surface area contributed by atoms with E-state index in [9.17, 15) is 0 Å². The number of nitrogens with zero attached hydrogens (tertiary/aromatic N) is 4. The van der Waals surface area contributed by atoms with Crippen LogP contribution in [0.5, 0.6) is 0 Å². The molecule has 259 valence electrons. The number of aromatic nitrogens is 4. The first kappa shape index (κ1) is 33.5. The Balaban J connectivity index is 0.000000184. The number of furan rings is 1. The molecule has 0 saturated carbocycles. The van der Waals surface area contributed by atoms with Crippen molar-refractivity contribution in [2.24, 2.45) is 5.41 Å². The molecule has 4 heterocycles. The topological polar surface area (TPSA) is 56.7 Å². The van der Waals surface area contributed by atoms with Gasteiger partial charge < -0.3 is 14.0 Å². The fourth-order valence-corrected chi connectivity index (χ4v) is 7.64. The Morgan fingerprint density at radius 2 is 1.57 bits per heavy atom. The maximum absolute atomic E-state index is 8.75. The second-order valence-electron chi connectivity index (χ2n) is 14.6. The van der Waals surface area contributed by atoms with Crippen molar-refractivity contribution in [2.45, 2.75) is 53.7 Å². The number of para-hydroxylation sites is 2. The molecule has 1 radical (unpaired) electrons. The summed E-state index contributed by atoms with van der Waals surface area (Å²) in [4.78, 5) is 14.1. The SMILES string of the molecule is Cc1nccc2nc(-c3[c-]cc4oc5ccccc5c4c3)n(-c3ccccc3)c12.[2H]C([2H])(c1cc(-c2[c-]cccc2)ncc1[Si](C)(C)C)C(C)(C)C.[Ir]. The molecular formula is C44H42IrN4OSi-2. The van der Waals surface area contributed by atoms with Crippen LogP contribution in [-0.2, 0) is 26.5 Å². The van der Waals surface area contributed by atoms with Crippen LogP contribution in [0.1, 0.15) is 34.8 Å². The Labute approximate surface area is 318 Å². The van der Waals surface area contributed by atoms with E-state index in [1.807, 2.05) is 113 Å². The fraction of sp³-hybridized carbons (Fsp3) is 0.205. The number of imidazole rings is 1. The number of pyridine rings is 2. The van der Waals surface area contributed by atoms with Crippen LogP contribution in [-0.4, -0.2) is 27.6 Å². The van der Waals surface area contributed by atoms with E-state index in [-0.39, 0.29) is 20.1 Å². The van der Waals surface area contributed by atoms with Gasteiger partial charge in [0.15, 0.2) is 0 Å². The zero-order valence-electron chi connectivity index (χ0n) is 32.0. The van der Waals surface area contributed by atoms with E-state index in [0.717, 1.165) is 77.7 Å². The van der Waals surface area contributed by atoms with Crippen molar-refractivity contribution in [1.29, 1.82) is 0 Å². The molecule has 4 aromatic carbocycles. The van der Waals surface area contributed by atoms with E-state index >= 15 is 0 Å². The van der Waals surface area contributed by atoms with Gasteiger partial charge in [-0.3, -0.25) is 9.97 Å². The molecule has 0 aliphatic heterocycles. The molecule has 0 aliphatic rings. The summed E-state index contributed by atoms with van der Waals surface area (Å²) in [6.45, 7) is 14.6. The van der Waals surface area contributed by atoms with E-state index in [1.165, 1.54) is 0 Å². The molecular weight excluding hydrogens is 821 g/mol. The normalized spacial score (nSPS) is 12.6. The van der Waals surface area contributed by atoms with E-state index in [1.54, 1.807) is 6.20 Å². The second-order valence-corrected chi connectivity index (χ2v) is 19.6. The molecule has 0 aliphatic carbocycles. The predicted molar refractivity (Wildman–Crippen MR) is 210 cm³/mol. The average Bonchev–Trinajstić information content (AvgIpc) is 3.71. The Hall–Kier alpha value is -4.68. The van der Waals surface area contributed by atoms with Crippen LogP contribution >= 0.6 is 0 Å². The number of hydrogen-bond acceptors (Lipinski definition) is 4. The van der Waals surface area contributed by atoms with Crippen LogP contribution in [0.15, 0.2) is 120 Å². The molecule has 8 rings (SSSR count). The van der Waals surface area contributed by atoms with Crippen molar-refractivity contribution in [3.8, 4) is 28.3 Å². The standard InChI is InChI=1S/C25H16N3O.C19H26NSi.Ir/c1-16-24-21(13-14-26-16)27-25(28(24)18-7-3-2-4-8-18)17-11-12-23-20(15-17)19-9-5-6-10-22(19)29-23;1-19(2,3)13-16-12-17(15-10-8-7-9-11-15)20-14-18(16)21(4,5)6;/h2-10,12-15H,1H3;7-10,12,14H,13H2,1-6H3;/q2*-1;/i;13D2;. The number of aryl methyl sites for hydroxylation is 1. The monoisotopic (exact) mass is 865 g/mol. The molecule has 0 saturated heterocycles. The summed E-state index contributed by atoms with van der Waals surface area (Å²) in [6, 6.07) is 40.5. The third kappa shape index (κ3) is 7.67. The summed E-state index contributed by atoms with van der Waals surface area (Å²) in [5.41, 5.74) is 8.54. The summed E-state index contributed by atoms with van der Waals surface area (Å²) in [5, 5.41) is 3.26. The Kier molecular flexibility index (Phi) is 9.52.